The van der Waals surface area contributed by atoms with Crippen molar-refractivity contribution >= 4 is 23.3 Å². The minimum absolute atomic E-state index is 0.110. The van der Waals surface area contributed by atoms with E-state index in [1.807, 2.05) is 23.9 Å². The van der Waals surface area contributed by atoms with Gasteiger partial charge in [0.2, 0.25) is 0 Å². The van der Waals surface area contributed by atoms with Crippen molar-refractivity contribution in [2.45, 2.75) is 58.3 Å². The number of hydrogen-bond donors (Lipinski definition) is 0. The first-order valence-corrected chi connectivity index (χ1v) is 11.7. The third-order valence-corrected chi connectivity index (χ3v) is 9.20. The van der Waals surface area contributed by atoms with Crippen molar-refractivity contribution < 1.29 is 9.59 Å². The van der Waals surface area contributed by atoms with Crippen LogP contribution in [-0.4, -0.2) is 23.6 Å². The van der Waals surface area contributed by atoms with Gasteiger partial charge < -0.3 is 0 Å². The standard InChI is InChI=1S/C23H32O2S/c1-4-5-15-12-20-18-7-6-16-13-17(24)8-11-23(16,14-26-3)19(18)9-10-22(20,2)21(15)25/h4,13,15,18-20H,1,5-12,14H2,2-3H3/t15-,18+,19-,20-,22-,23+/m0/s1. The maximum absolute atomic E-state index is 13.1. The number of carbonyl (C=O) groups excluding carboxylic acids is 2. The van der Waals surface area contributed by atoms with Gasteiger partial charge in [-0.05, 0) is 75.0 Å². The van der Waals surface area contributed by atoms with Gasteiger partial charge in [-0.2, -0.15) is 11.8 Å². The van der Waals surface area contributed by atoms with Gasteiger partial charge >= 0.3 is 0 Å². The number of hydrogen-bond acceptors (Lipinski definition) is 3. The number of fused-ring (bicyclic) bond motifs is 5. The number of carbonyl (C=O) groups is 2. The molecule has 0 heterocycles. The zero-order chi connectivity index (χ0) is 18.5. The SMILES string of the molecule is C=CC[C@H]1C[C@H]2[C@@H]3CCC4=CC(=O)CC[C@]4(CSC)[C@H]3CC[C@]2(C)C1=O. The Morgan fingerprint density at radius 1 is 1.23 bits per heavy atom. The van der Waals surface area contributed by atoms with Crippen molar-refractivity contribution in [1.29, 1.82) is 0 Å². The molecular formula is C23H32O2S. The van der Waals surface area contributed by atoms with Crippen molar-refractivity contribution in [3.63, 3.8) is 0 Å². The van der Waals surface area contributed by atoms with Crippen LogP contribution < -0.4 is 0 Å². The molecule has 142 valence electrons. The van der Waals surface area contributed by atoms with Crippen LogP contribution in [0, 0.1) is 34.5 Å². The molecule has 0 aromatic carbocycles. The van der Waals surface area contributed by atoms with E-state index in [4.69, 9.17) is 0 Å². The summed E-state index contributed by atoms with van der Waals surface area (Å²) >= 11 is 1.94. The second-order valence-corrected chi connectivity index (χ2v) is 10.3. The molecule has 0 spiro atoms. The summed E-state index contributed by atoms with van der Waals surface area (Å²) in [4.78, 5) is 25.2. The Morgan fingerprint density at radius 3 is 2.77 bits per heavy atom. The maximum Gasteiger partial charge on any atom is 0.155 e. The number of ketones is 2. The van der Waals surface area contributed by atoms with Gasteiger partial charge in [0.05, 0.1) is 0 Å². The highest BCUT2D eigenvalue weighted by atomic mass is 32.2. The van der Waals surface area contributed by atoms with E-state index in [0.29, 0.717) is 35.7 Å². The molecule has 3 heteroatoms. The van der Waals surface area contributed by atoms with Crippen molar-refractivity contribution in [2.75, 3.05) is 12.0 Å². The molecule has 0 aliphatic heterocycles. The first-order valence-electron chi connectivity index (χ1n) is 10.3. The third-order valence-electron chi connectivity index (χ3n) is 8.40. The fraction of sp³-hybridized carbons (Fsp3) is 0.739. The number of allylic oxidation sites excluding steroid dienone is 2. The van der Waals surface area contributed by atoms with Gasteiger partial charge in [0.1, 0.15) is 5.78 Å². The lowest BCUT2D eigenvalue weighted by atomic mass is 9.47. The highest BCUT2D eigenvalue weighted by Crippen LogP contribution is 2.65. The summed E-state index contributed by atoms with van der Waals surface area (Å²) in [5.74, 6) is 4.04. The van der Waals surface area contributed by atoms with Crippen LogP contribution >= 0.6 is 11.8 Å². The van der Waals surface area contributed by atoms with E-state index in [0.717, 1.165) is 44.3 Å². The van der Waals surface area contributed by atoms with E-state index < -0.39 is 0 Å². The van der Waals surface area contributed by atoms with Crippen LogP contribution in [0.1, 0.15) is 58.3 Å². The molecule has 4 aliphatic rings. The predicted octanol–water partition coefficient (Wildman–Crippen LogP) is 5.23. The number of rotatable bonds is 4. The topological polar surface area (TPSA) is 34.1 Å². The minimum atomic E-state index is -0.110. The summed E-state index contributed by atoms with van der Waals surface area (Å²) in [6.45, 7) is 6.14. The van der Waals surface area contributed by atoms with Crippen LogP contribution in [-0.2, 0) is 9.59 Å². The molecule has 3 saturated carbocycles. The Labute approximate surface area is 162 Å². The first-order chi connectivity index (χ1) is 12.5. The fourth-order valence-corrected chi connectivity index (χ4v) is 8.29. The molecule has 0 aromatic heterocycles. The predicted molar refractivity (Wildman–Crippen MR) is 108 cm³/mol. The van der Waals surface area contributed by atoms with Crippen LogP contribution in [0.15, 0.2) is 24.3 Å². The first kappa shape index (κ1) is 18.5. The average Bonchev–Trinajstić information content (AvgIpc) is 2.87. The molecular weight excluding hydrogens is 340 g/mol. The van der Waals surface area contributed by atoms with Crippen LogP contribution in [0.25, 0.3) is 0 Å². The van der Waals surface area contributed by atoms with Crippen molar-refractivity contribution in [3.8, 4) is 0 Å². The Hall–Kier alpha value is -0.830. The lowest BCUT2D eigenvalue weighted by Gasteiger charge is -2.58. The molecule has 0 N–H and O–H groups in total. The van der Waals surface area contributed by atoms with Gasteiger partial charge in [0.15, 0.2) is 5.78 Å². The molecule has 0 aromatic rings. The van der Waals surface area contributed by atoms with Crippen LogP contribution in [0.4, 0.5) is 0 Å². The van der Waals surface area contributed by atoms with E-state index in [9.17, 15) is 9.59 Å². The second kappa shape index (κ2) is 6.65. The molecule has 0 unspecified atom stereocenters. The largest absolute Gasteiger partial charge is 0.299 e. The molecule has 0 radical (unpaired) electrons. The van der Waals surface area contributed by atoms with Gasteiger partial charge in [-0.3, -0.25) is 9.59 Å². The molecule has 4 aliphatic carbocycles. The molecule has 0 saturated heterocycles. The van der Waals surface area contributed by atoms with E-state index in [2.05, 4.69) is 19.8 Å². The Morgan fingerprint density at radius 2 is 2.04 bits per heavy atom. The van der Waals surface area contributed by atoms with Gasteiger partial charge in [-0.25, -0.2) is 0 Å². The van der Waals surface area contributed by atoms with Crippen LogP contribution in [0.3, 0.4) is 0 Å². The normalized spacial score (nSPS) is 44.8. The Kier molecular flexibility index (Phi) is 4.74. The summed E-state index contributed by atoms with van der Waals surface area (Å²) in [7, 11) is 0. The molecule has 0 bridgehead atoms. The lowest BCUT2D eigenvalue weighted by molar-refractivity contribution is -0.134. The number of thioether (sulfide) groups is 1. The average molecular weight is 373 g/mol. The third kappa shape index (κ3) is 2.52. The summed E-state index contributed by atoms with van der Waals surface area (Å²) in [6, 6.07) is 0. The summed E-state index contributed by atoms with van der Waals surface area (Å²) in [5, 5.41) is 0. The van der Waals surface area contributed by atoms with Crippen LogP contribution in [0.5, 0.6) is 0 Å². The highest BCUT2D eigenvalue weighted by Gasteiger charge is 2.61. The number of Topliss-reactive ketones (excluding diaryl/α,β-unsaturated/α-hetero) is 1. The second-order valence-electron chi connectivity index (χ2n) is 9.42. The van der Waals surface area contributed by atoms with Gasteiger partial charge in [-0.15, -0.1) is 6.58 Å². The smallest absolute Gasteiger partial charge is 0.155 e. The van der Waals surface area contributed by atoms with Gasteiger partial charge in [0.25, 0.3) is 0 Å². The Bertz CT molecular complexity index is 665. The molecule has 26 heavy (non-hydrogen) atoms. The molecule has 0 amide bonds. The zero-order valence-corrected chi connectivity index (χ0v) is 17.1. The van der Waals surface area contributed by atoms with E-state index in [1.165, 1.54) is 12.0 Å². The zero-order valence-electron chi connectivity index (χ0n) is 16.3. The quantitative estimate of drug-likeness (QED) is 0.634. The van der Waals surface area contributed by atoms with Crippen molar-refractivity contribution in [3.05, 3.63) is 24.3 Å². The monoisotopic (exact) mass is 372 g/mol. The van der Waals surface area contributed by atoms with E-state index >= 15 is 0 Å². The highest BCUT2D eigenvalue weighted by molar-refractivity contribution is 7.98. The molecule has 6 atom stereocenters. The molecule has 3 fully saturated rings. The maximum atomic E-state index is 13.1. The fourth-order valence-electron chi connectivity index (χ4n) is 7.23. The van der Waals surface area contributed by atoms with E-state index in [-0.39, 0.29) is 16.7 Å². The molecule has 4 rings (SSSR count). The lowest BCUT2D eigenvalue weighted by Crippen LogP contribution is -2.52. The van der Waals surface area contributed by atoms with Gasteiger partial charge in [0, 0.05) is 28.9 Å². The van der Waals surface area contributed by atoms with Crippen LogP contribution in [0.2, 0.25) is 0 Å². The van der Waals surface area contributed by atoms with Crippen molar-refractivity contribution in [2.24, 2.45) is 34.5 Å². The summed E-state index contributed by atoms with van der Waals surface area (Å²) < 4.78 is 0. The summed E-state index contributed by atoms with van der Waals surface area (Å²) in [6.07, 6.45) is 14.3. The summed E-state index contributed by atoms with van der Waals surface area (Å²) in [5.41, 5.74) is 1.55. The minimum Gasteiger partial charge on any atom is -0.299 e. The molecule has 2 nitrogen and oxygen atoms in total. The van der Waals surface area contributed by atoms with E-state index in [1.54, 1.807) is 0 Å². The Balaban J connectivity index is 1.69. The van der Waals surface area contributed by atoms with Gasteiger partial charge in [-0.1, -0.05) is 18.6 Å². The van der Waals surface area contributed by atoms with Crippen molar-refractivity contribution in [1.82, 2.24) is 0 Å².